The molecule has 1 aromatic rings. The predicted molar refractivity (Wildman–Crippen MR) is 83.2 cm³/mol. The van der Waals surface area contributed by atoms with Crippen LogP contribution in [-0.4, -0.2) is 18.6 Å². The van der Waals surface area contributed by atoms with Gasteiger partial charge in [0.15, 0.2) is 0 Å². The second-order valence-electron chi connectivity index (χ2n) is 4.16. The highest BCUT2D eigenvalue weighted by atomic mass is 35.5. The number of anilines is 1. The molecule has 0 fully saturated rings. The minimum atomic E-state index is -0.446. The highest BCUT2D eigenvalue weighted by Gasteiger charge is 2.07. The highest BCUT2D eigenvalue weighted by Crippen LogP contribution is 2.18. The van der Waals surface area contributed by atoms with Crippen LogP contribution in [0.3, 0.4) is 0 Å². The van der Waals surface area contributed by atoms with E-state index in [0.717, 1.165) is 23.2 Å². The van der Waals surface area contributed by atoms with Gasteiger partial charge in [-0.15, -0.1) is 12.4 Å². The van der Waals surface area contributed by atoms with Gasteiger partial charge in [-0.3, -0.25) is 5.32 Å². The molecule has 4 N–H and O–H groups in total. The van der Waals surface area contributed by atoms with Gasteiger partial charge in [0, 0.05) is 5.69 Å². The van der Waals surface area contributed by atoms with Gasteiger partial charge in [-0.25, -0.2) is 4.79 Å². The summed E-state index contributed by atoms with van der Waals surface area (Å²) in [4.78, 5) is 16.6. The van der Waals surface area contributed by atoms with Gasteiger partial charge in [0.1, 0.15) is 6.61 Å². The third-order valence-corrected chi connectivity index (χ3v) is 2.42. The van der Waals surface area contributed by atoms with E-state index in [9.17, 15) is 4.79 Å². The molecule has 0 aliphatic rings. The third kappa shape index (κ3) is 5.79. The average Bonchev–Trinajstić information content (AvgIpc) is 2.34. The van der Waals surface area contributed by atoms with Crippen molar-refractivity contribution in [3.63, 3.8) is 0 Å². The number of benzene rings is 1. The Labute approximate surface area is 125 Å². The first-order valence-electron chi connectivity index (χ1n) is 6.14. The molecule has 0 heterocycles. The number of hydrogen-bond acceptors (Lipinski definition) is 3. The standard InChI is InChI=1S/C13H20N4O2.ClH/c1-4-8-19-17-12(14)16-13(18)15-11-9(2)6-5-7-10(11)3;/h5-7H,4,8H2,1-3H3,(H4,14,15,16,17,18);1H. The number of urea groups is 1. The van der Waals surface area contributed by atoms with Crippen molar-refractivity contribution in [2.75, 3.05) is 11.9 Å². The monoisotopic (exact) mass is 300 g/mol. The fourth-order valence-corrected chi connectivity index (χ4v) is 1.50. The number of aryl methyl sites for hydroxylation is 2. The number of halogens is 1. The lowest BCUT2D eigenvalue weighted by atomic mass is 10.1. The van der Waals surface area contributed by atoms with Gasteiger partial charge >= 0.3 is 6.03 Å². The van der Waals surface area contributed by atoms with Crippen LogP contribution in [0.2, 0.25) is 0 Å². The number of guanidine groups is 1. The maximum Gasteiger partial charge on any atom is 0.326 e. The molecule has 0 bridgehead atoms. The fourth-order valence-electron chi connectivity index (χ4n) is 1.50. The molecule has 1 aromatic carbocycles. The molecule has 1 rings (SSSR count). The van der Waals surface area contributed by atoms with Gasteiger partial charge in [0.05, 0.1) is 0 Å². The number of carbonyl (C=O) groups is 1. The fraction of sp³-hybridized carbons (Fsp3) is 0.385. The number of rotatable bonds is 4. The molecule has 112 valence electrons. The zero-order valence-corrected chi connectivity index (χ0v) is 12.7. The van der Waals surface area contributed by atoms with Crippen LogP contribution in [0, 0.1) is 13.8 Å². The number of nitrogens with two attached hydrogens (primary N) is 1. The van der Waals surface area contributed by atoms with Gasteiger partial charge < -0.3 is 15.9 Å². The minimum absolute atomic E-state index is 0. The van der Waals surface area contributed by atoms with Crippen molar-refractivity contribution >= 4 is 30.1 Å². The molecule has 6 nitrogen and oxygen atoms in total. The van der Waals surface area contributed by atoms with Crippen LogP contribution in [0.5, 0.6) is 0 Å². The zero-order chi connectivity index (χ0) is 14.3. The summed E-state index contributed by atoms with van der Waals surface area (Å²) in [5.41, 5.74) is 8.22. The molecular formula is C13H21ClN4O2. The molecule has 0 atom stereocenters. The van der Waals surface area contributed by atoms with Crippen LogP contribution in [0.25, 0.3) is 0 Å². The molecule has 0 aromatic heterocycles. The Morgan fingerprint density at radius 2 is 1.95 bits per heavy atom. The maximum atomic E-state index is 11.7. The lowest BCUT2D eigenvalue weighted by molar-refractivity contribution is 0.143. The van der Waals surface area contributed by atoms with Crippen molar-refractivity contribution in [2.45, 2.75) is 27.2 Å². The van der Waals surface area contributed by atoms with Crippen LogP contribution < -0.4 is 16.4 Å². The molecule has 0 unspecified atom stereocenters. The van der Waals surface area contributed by atoms with Crippen molar-refractivity contribution in [2.24, 2.45) is 10.9 Å². The molecule has 0 aliphatic carbocycles. The summed E-state index contributed by atoms with van der Waals surface area (Å²) in [6, 6.07) is 5.33. The van der Waals surface area contributed by atoms with Gasteiger partial charge in [-0.05, 0) is 36.6 Å². The molecule has 0 spiro atoms. The summed E-state index contributed by atoms with van der Waals surface area (Å²) in [6.07, 6.45) is 0.825. The average molecular weight is 301 g/mol. The predicted octanol–water partition coefficient (Wildman–Crippen LogP) is 2.50. The number of hydrogen-bond donors (Lipinski definition) is 3. The Morgan fingerprint density at radius 1 is 1.35 bits per heavy atom. The first-order valence-corrected chi connectivity index (χ1v) is 6.14. The Balaban J connectivity index is 0.00000361. The van der Waals surface area contributed by atoms with Crippen molar-refractivity contribution < 1.29 is 9.63 Å². The summed E-state index contributed by atoms with van der Waals surface area (Å²) in [6.45, 7) is 6.25. The van der Waals surface area contributed by atoms with Crippen molar-refractivity contribution in [1.82, 2.24) is 5.32 Å². The van der Waals surface area contributed by atoms with Crippen LogP contribution in [0.15, 0.2) is 23.4 Å². The lowest BCUT2D eigenvalue weighted by Crippen LogP contribution is -2.39. The summed E-state index contributed by atoms with van der Waals surface area (Å²) in [5, 5.41) is 8.69. The summed E-state index contributed by atoms with van der Waals surface area (Å²) in [5.74, 6) is -0.0720. The smallest absolute Gasteiger partial charge is 0.326 e. The Morgan fingerprint density at radius 3 is 2.50 bits per heavy atom. The lowest BCUT2D eigenvalue weighted by Gasteiger charge is -2.11. The van der Waals surface area contributed by atoms with Gasteiger partial charge in [0.25, 0.3) is 0 Å². The van der Waals surface area contributed by atoms with Crippen LogP contribution in [0.1, 0.15) is 24.5 Å². The molecule has 0 saturated carbocycles. The van der Waals surface area contributed by atoms with E-state index in [4.69, 9.17) is 10.6 Å². The second-order valence-corrected chi connectivity index (χ2v) is 4.16. The third-order valence-electron chi connectivity index (χ3n) is 2.42. The Hall–Kier alpha value is -1.95. The summed E-state index contributed by atoms with van der Waals surface area (Å²) in [7, 11) is 0. The molecule has 7 heteroatoms. The zero-order valence-electron chi connectivity index (χ0n) is 11.9. The minimum Gasteiger partial charge on any atom is -0.393 e. The Bertz CT molecular complexity index is 457. The molecule has 20 heavy (non-hydrogen) atoms. The largest absolute Gasteiger partial charge is 0.393 e. The first kappa shape index (κ1) is 18.0. The summed E-state index contributed by atoms with van der Waals surface area (Å²) < 4.78 is 0. The van der Waals surface area contributed by atoms with E-state index >= 15 is 0 Å². The number of oxime groups is 1. The number of para-hydroxylation sites is 1. The van der Waals surface area contributed by atoms with E-state index in [-0.39, 0.29) is 18.4 Å². The number of nitrogens with one attached hydrogen (secondary N) is 2. The second kappa shape index (κ2) is 9.03. The molecule has 2 amide bonds. The van der Waals surface area contributed by atoms with E-state index in [1.165, 1.54) is 0 Å². The maximum absolute atomic E-state index is 11.7. The number of nitrogens with zero attached hydrogens (tertiary/aromatic N) is 1. The van der Waals surface area contributed by atoms with Gasteiger partial charge in [0.2, 0.25) is 5.96 Å². The van der Waals surface area contributed by atoms with Crippen LogP contribution in [-0.2, 0) is 4.84 Å². The van der Waals surface area contributed by atoms with Crippen LogP contribution in [0.4, 0.5) is 10.5 Å². The highest BCUT2D eigenvalue weighted by molar-refractivity contribution is 6.02. The van der Waals surface area contributed by atoms with Gasteiger partial charge in [-0.1, -0.05) is 25.1 Å². The molecule has 0 radical (unpaired) electrons. The van der Waals surface area contributed by atoms with E-state index < -0.39 is 6.03 Å². The normalized spacial score (nSPS) is 10.4. The number of carbonyl (C=O) groups excluding carboxylic acids is 1. The van der Waals surface area contributed by atoms with Crippen LogP contribution >= 0.6 is 12.4 Å². The first-order chi connectivity index (χ1) is 9.04. The molecular weight excluding hydrogens is 280 g/mol. The van der Waals surface area contributed by atoms with Gasteiger partial charge in [-0.2, -0.15) is 0 Å². The van der Waals surface area contributed by atoms with E-state index in [2.05, 4.69) is 15.8 Å². The van der Waals surface area contributed by atoms with Crippen molar-refractivity contribution in [3.8, 4) is 0 Å². The van der Waals surface area contributed by atoms with Crippen molar-refractivity contribution in [1.29, 1.82) is 0 Å². The SMILES string of the molecule is CCCON=C(N)NC(=O)Nc1c(C)cccc1C.Cl. The Kier molecular flexibility index (Phi) is 8.15. The topological polar surface area (TPSA) is 88.7 Å². The quantitative estimate of drug-likeness (QED) is 0.345. The van der Waals surface area contributed by atoms with E-state index in [1.807, 2.05) is 39.0 Å². The molecule has 0 aliphatic heterocycles. The summed E-state index contributed by atoms with van der Waals surface area (Å²) >= 11 is 0. The molecule has 0 saturated heterocycles. The van der Waals surface area contributed by atoms with Crippen molar-refractivity contribution in [3.05, 3.63) is 29.3 Å². The van der Waals surface area contributed by atoms with E-state index in [0.29, 0.717) is 6.61 Å². The number of amides is 2. The van der Waals surface area contributed by atoms with E-state index in [1.54, 1.807) is 0 Å².